The highest BCUT2D eigenvalue weighted by atomic mass is 35.5. The Hall–Kier alpha value is -4.35. The summed E-state index contributed by atoms with van der Waals surface area (Å²) in [5.74, 6) is -0.582. The number of carbonyl (C=O) groups is 1. The van der Waals surface area contributed by atoms with Gasteiger partial charge in [0.25, 0.3) is 26.0 Å². The van der Waals surface area contributed by atoms with E-state index >= 15 is 0 Å². The molecule has 5 aromatic rings. The van der Waals surface area contributed by atoms with Gasteiger partial charge in [-0.15, -0.1) is 0 Å². The first-order valence-electron chi connectivity index (χ1n) is 13.2. The van der Waals surface area contributed by atoms with Gasteiger partial charge in [0, 0.05) is 5.69 Å². The van der Waals surface area contributed by atoms with Crippen LogP contribution in [0, 0.1) is 0 Å². The van der Waals surface area contributed by atoms with E-state index in [9.17, 15) is 21.6 Å². The van der Waals surface area contributed by atoms with E-state index in [1.54, 1.807) is 54.6 Å². The predicted molar refractivity (Wildman–Crippen MR) is 174 cm³/mol. The number of hydrogen-bond donors (Lipinski definition) is 2. The highest BCUT2D eigenvalue weighted by Crippen LogP contribution is 2.32. The van der Waals surface area contributed by atoms with Crippen molar-refractivity contribution in [3.8, 4) is 0 Å². The zero-order valence-electron chi connectivity index (χ0n) is 22.9. The van der Waals surface area contributed by atoms with Crippen molar-refractivity contribution in [2.75, 3.05) is 14.3 Å². The molecule has 0 radical (unpaired) electrons. The number of amides is 1. The third kappa shape index (κ3) is 6.89. The van der Waals surface area contributed by atoms with Crippen LogP contribution in [0.4, 0.5) is 17.1 Å². The quantitative estimate of drug-likeness (QED) is 0.161. The first-order valence-corrected chi connectivity index (χ1v) is 16.8. The van der Waals surface area contributed by atoms with Crippen molar-refractivity contribution in [1.82, 2.24) is 0 Å². The molecule has 0 heterocycles. The Kier molecular flexibility index (Phi) is 9.26. The van der Waals surface area contributed by atoms with E-state index in [0.29, 0.717) is 5.69 Å². The first kappa shape index (κ1) is 31.1. The first-order chi connectivity index (χ1) is 21.1. The van der Waals surface area contributed by atoms with Crippen LogP contribution in [0.5, 0.6) is 0 Å². The van der Waals surface area contributed by atoms with E-state index in [0.717, 1.165) is 5.56 Å². The Morgan fingerprint density at radius 3 is 1.95 bits per heavy atom. The van der Waals surface area contributed by atoms with E-state index in [2.05, 4.69) is 10.0 Å². The van der Waals surface area contributed by atoms with Crippen molar-refractivity contribution in [2.24, 2.45) is 0 Å². The lowest BCUT2D eigenvalue weighted by atomic mass is 10.1. The molecule has 12 heteroatoms. The second-order valence-electron chi connectivity index (χ2n) is 9.51. The largest absolute Gasteiger partial charge is 0.322 e. The summed E-state index contributed by atoms with van der Waals surface area (Å²) in [6, 6.07) is 33.5. The van der Waals surface area contributed by atoms with Crippen molar-refractivity contribution in [3.05, 3.63) is 149 Å². The summed E-state index contributed by atoms with van der Waals surface area (Å²) in [6.07, 6.45) is 0. The molecule has 1 amide bonds. The Morgan fingerprint density at radius 1 is 0.659 bits per heavy atom. The summed E-state index contributed by atoms with van der Waals surface area (Å²) >= 11 is 12.1. The minimum absolute atomic E-state index is 0.0153. The summed E-state index contributed by atoms with van der Waals surface area (Å²) in [5.41, 5.74) is 1.44. The predicted octanol–water partition coefficient (Wildman–Crippen LogP) is 7.44. The Bertz CT molecular complexity index is 2010. The fourth-order valence-electron chi connectivity index (χ4n) is 4.35. The molecule has 0 aliphatic carbocycles. The maximum Gasteiger partial charge on any atom is 0.264 e. The molecule has 0 atom stereocenters. The molecule has 0 bridgehead atoms. The van der Waals surface area contributed by atoms with Crippen LogP contribution in [0.2, 0.25) is 10.0 Å². The zero-order valence-corrected chi connectivity index (χ0v) is 26.0. The number of carbonyl (C=O) groups excluding carboxylic acids is 1. The van der Waals surface area contributed by atoms with Gasteiger partial charge < -0.3 is 5.32 Å². The normalized spacial score (nSPS) is 11.5. The molecule has 0 aromatic heterocycles. The fourth-order valence-corrected chi connectivity index (χ4v) is 7.32. The van der Waals surface area contributed by atoms with Crippen LogP contribution in [0.1, 0.15) is 15.9 Å². The third-order valence-electron chi connectivity index (χ3n) is 6.54. The Balaban J connectivity index is 1.43. The average molecular weight is 667 g/mol. The second kappa shape index (κ2) is 13.1. The van der Waals surface area contributed by atoms with Gasteiger partial charge >= 0.3 is 0 Å². The molecule has 0 unspecified atom stereocenters. The molecular weight excluding hydrogens is 641 g/mol. The van der Waals surface area contributed by atoms with Crippen LogP contribution in [0.25, 0.3) is 0 Å². The van der Waals surface area contributed by atoms with E-state index < -0.39 is 26.0 Å². The summed E-state index contributed by atoms with van der Waals surface area (Å²) < 4.78 is 57.3. The van der Waals surface area contributed by atoms with Crippen molar-refractivity contribution >= 4 is 66.2 Å². The number of nitrogens with zero attached hydrogens (tertiary/aromatic N) is 1. The Labute approximate surface area is 266 Å². The molecule has 8 nitrogen and oxygen atoms in total. The van der Waals surface area contributed by atoms with E-state index in [-0.39, 0.29) is 43.3 Å². The minimum atomic E-state index is -4.07. The molecule has 5 aromatic carbocycles. The van der Waals surface area contributed by atoms with Crippen molar-refractivity contribution in [3.63, 3.8) is 0 Å². The van der Waals surface area contributed by atoms with Gasteiger partial charge in [0.15, 0.2) is 0 Å². The third-order valence-corrected chi connectivity index (χ3v) is 10.5. The molecule has 2 N–H and O–H groups in total. The summed E-state index contributed by atoms with van der Waals surface area (Å²) in [6.45, 7) is -0.0153. The van der Waals surface area contributed by atoms with E-state index in [1.807, 2.05) is 18.2 Å². The fraction of sp³-hybridized carbons (Fsp3) is 0.0312. The van der Waals surface area contributed by atoms with Gasteiger partial charge in [-0.2, -0.15) is 0 Å². The molecular formula is C32H25Cl2N3O5S2. The highest BCUT2D eigenvalue weighted by molar-refractivity contribution is 7.93. The van der Waals surface area contributed by atoms with Crippen LogP contribution in [-0.4, -0.2) is 22.7 Å². The number of para-hydroxylation sites is 1. The maximum atomic E-state index is 13.9. The molecule has 5 rings (SSSR count). The number of nitrogens with one attached hydrogen (secondary N) is 2. The number of hydrogen-bond acceptors (Lipinski definition) is 5. The van der Waals surface area contributed by atoms with Crippen LogP contribution >= 0.6 is 23.2 Å². The summed E-state index contributed by atoms with van der Waals surface area (Å²) in [4.78, 5) is 13.6. The SMILES string of the molecule is O=C(Nc1ccc(S(=O)(=O)Nc2cccc(Cl)c2Cl)cc1)c1ccccc1N(Cc1ccccc1)S(=O)(=O)c1ccccc1. The van der Waals surface area contributed by atoms with Gasteiger partial charge in [-0.3, -0.25) is 13.8 Å². The van der Waals surface area contributed by atoms with Crippen LogP contribution in [-0.2, 0) is 26.6 Å². The highest BCUT2D eigenvalue weighted by Gasteiger charge is 2.28. The lowest BCUT2D eigenvalue weighted by Gasteiger charge is -2.26. The van der Waals surface area contributed by atoms with Crippen molar-refractivity contribution in [1.29, 1.82) is 0 Å². The van der Waals surface area contributed by atoms with Gasteiger partial charge in [0.05, 0.1) is 43.3 Å². The molecule has 0 fully saturated rings. The summed E-state index contributed by atoms with van der Waals surface area (Å²) in [7, 11) is -8.09. The number of rotatable bonds is 10. The lowest BCUT2D eigenvalue weighted by molar-refractivity contribution is 0.102. The Morgan fingerprint density at radius 2 is 1.27 bits per heavy atom. The molecule has 0 aliphatic heterocycles. The smallest absolute Gasteiger partial charge is 0.264 e. The topological polar surface area (TPSA) is 113 Å². The van der Waals surface area contributed by atoms with Crippen molar-refractivity contribution < 1.29 is 21.6 Å². The van der Waals surface area contributed by atoms with Gasteiger partial charge in [-0.05, 0) is 66.2 Å². The monoisotopic (exact) mass is 665 g/mol. The number of sulfonamides is 2. The molecule has 0 aliphatic rings. The number of benzene rings is 5. The molecule has 0 saturated carbocycles. The van der Waals surface area contributed by atoms with Crippen LogP contribution in [0.3, 0.4) is 0 Å². The molecule has 0 saturated heterocycles. The minimum Gasteiger partial charge on any atom is -0.322 e. The standard InChI is InChI=1S/C32H25Cl2N3O5S2/c33-28-15-9-16-29(31(28)34)36-43(39,40)25-20-18-24(19-21-25)35-32(38)27-14-7-8-17-30(27)37(22-23-10-3-1-4-11-23)44(41,42)26-12-5-2-6-13-26/h1-21,36H,22H2,(H,35,38). The molecule has 44 heavy (non-hydrogen) atoms. The average Bonchev–Trinajstić information content (AvgIpc) is 3.03. The van der Waals surface area contributed by atoms with Gasteiger partial charge in [0.2, 0.25) is 0 Å². The van der Waals surface area contributed by atoms with Crippen molar-refractivity contribution in [2.45, 2.75) is 16.3 Å². The summed E-state index contributed by atoms with van der Waals surface area (Å²) in [5, 5.41) is 3.00. The number of anilines is 3. The zero-order chi connectivity index (χ0) is 31.3. The second-order valence-corrected chi connectivity index (χ2v) is 13.8. The van der Waals surface area contributed by atoms with Crippen LogP contribution in [0.15, 0.2) is 137 Å². The van der Waals surface area contributed by atoms with Gasteiger partial charge in [-0.1, -0.05) is 89.9 Å². The maximum absolute atomic E-state index is 13.9. The van der Waals surface area contributed by atoms with Gasteiger partial charge in [0.1, 0.15) is 0 Å². The number of halogens is 2. The van der Waals surface area contributed by atoms with Crippen LogP contribution < -0.4 is 14.3 Å². The lowest BCUT2D eigenvalue weighted by Crippen LogP contribution is -2.32. The molecule has 0 spiro atoms. The molecule has 224 valence electrons. The van der Waals surface area contributed by atoms with E-state index in [4.69, 9.17) is 23.2 Å². The van der Waals surface area contributed by atoms with Gasteiger partial charge in [-0.25, -0.2) is 16.8 Å². The van der Waals surface area contributed by atoms with E-state index in [1.165, 1.54) is 58.9 Å².